The van der Waals surface area contributed by atoms with E-state index in [2.05, 4.69) is 0 Å². The van der Waals surface area contributed by atoms with Crippen molar-refractivity contribution in [1.29, 1.82) is 0 Å². The Morgan fingerprint density at radius 1 is 1.30 bits per heavy atom. The number of alkyl halides is 3. The van der Waals surface area contributed by atoms with Crippen molar-refractivity contribution in [1.82, 2.24) is 9.80 Å². The Morgan fingerprint density at radius 3 is 2.35 bits per heavy atom. The van der Waals surface area contributed by atoms with Crippen LogP contribution in [0.5, 0.6) is 0 Å². The van der Waals surface area contributed by atoms with Crippen LogP contribution >= 0.6 is 0 Å². The van der Waals surface area contributed by atoms with E-state index in [1.807, 2.05) is 0 Å². The minimum atomic E-state index is -4.32. The third kappa shape index (κ3) is 5.54. The number of piperazine rings is 1. The van der Waals surface area contributed by atoms with Crippen molar-refractivity contribution < 1.29 is 27.8 Å². The molecule has 1 heterocycles. The molecule has 1 rings (SSSR count). The zero-order valence-electron chi connectivity index (χ0n) is 11.9. The maximum Gasteiger partial charge on any atom is 0.410 e. The Labute approximate surface area is 116 Å². The molecule has 1 unspecified atom stereocenters. The van der Waals surface area contributed by atoms with Gasteiger partial charge < -0.3 is 14.7 Å². The van der Waals surface area contributed by atoms with Gasteiger partial charge >= 0.3 is 12.3 Å². The van der Waals surface area contributed by atoms with Gasteiger partial charge in [-0.05, 0) is 20.8 Å². The number of aliphatic hydroxyl groups excluding tert-OH is 1. The van der Waals surface area contributed by atoms with Crippen molar-refractivity contribution in [3.8, 4) is 0 Å². The predicted molar refractivity (Wildman–Crippen MR) is 66.3 cm³/mol. The van der Waals surface area contributed by atoms with Gasteiger partial charge in [0.2, 0.25) is 0 Å². The number of carbonyl (C=O) groups is 1. The second kappa shape index (κ2) is 6.17. The molecule has 1 N–H and O–H groups in total. The SMILES string of the molecule is CC(C)(C)OC(=O)N1CCN(CC(F)(F)F)C(CO)C1. The Balaban J connectivity index is 2.61. The van der Waals surface area contributed by atoms with E-state index in [-0.39, 0.29) is 19.6 Å². The number of amides is 1. The molecule has 0 radical (unpaired) electrons. The Morgan fingerprint density at radius 2 is 1.90 bits per heavy atom. The smallest absolute Gasteiger partial charge is 0.410 e. The molecule has 1 amide bonds. The molecule has 1 aliphatic rings. The number of halogens is 3. The van der Waals surface area contributed by atoms with Gasteiger partial charge in [-0.1, -0.05) is 0 Å². The number of hydrogen-bond acceptors (Lipinski definition) is 4. The van der Waals surface area contributed by atoms with Gasteiger partial charge in [-0.2, -0.15) is 13.2 Å². The highest BCUT2D eigenvalue weighted by Crippen LogP contribution is 2.21. The first-order chi connectivity index (χ1) is 9.02. The summed E-state index contributed by atoms with van der Waals surface area (Å²) in [6.45, 7) is 3.87. The molecular weight excluding hydrogens is 277 g/mol. The molecule has 0 aromatic rings. The predicted octanol–water partition coefficient (Wildman–Crippen LogP) is 1.46. The molecule has 1 aliphatic heterocycles. The summed E-state index contributed by atoms with van der Waals surface area (Å²) in [5.74, 6) is 0. The first kappa shape index (κ1) is 17.0. The molecule has 118 valence electrons. The quantitative estimate of drug-likeness (QED) is 0.838. The van der Waals surface area contributed by atoms with Crippen LogP contribution in [0.1, 0.15) is 20.8 Å². The topological polar surface area (TPSA) is 53.0 Å². The number of hydrogen-bond donors (Lipinski definition) is 1. The van der Waals surface area contributed by atoms with Crippen LogP contribution in [-0.2, 0) is 4.74 Å². The van der Waals surface area contributed by atoms with Crippen LogP contribution < -0.4 is 0 Å². The van der Waals surface area contributed by atoms with Crippen LogP contribution in [0.2, 0.25) is 0 Å². The van der Waals surface area contributed by atoms with Crippen molar-refractivity contribution in [2.75, 3.05) is 32.8 Å². The van der Waals surface area contributed by atoms with Crippen molar-refractivity contribution in [2.45, 2.75) is 38.6 Å². The molecule has 1 fully saturated rings. The number of ether oxygens (including phenoxy) is 1. The van der Waals surface area contributed by atoms with Gasteiger partial charge in [-0.15, -0.1) is 0 Å². The van der Waals surface area contributed by atoms with Crippen LogP contribution in [0.15, 0.2) is 0 Å². The Kier molecular flexibility index (Phi) is 5.26. The number of aliphatic hydroxyl groups is 1. The highest BCUT2D eigenvalue weighted by Gasteiger charge is 2.38. The Hall–Kier alpha value is -1.02. The van der Waals surface area contributed by atoms with Gasteiger partial charge in [0, 0.05) is 19.6 Å². The monoisotopic (exact) mass is 298 g/mol. The van der Waals surface area contributed by atoms with E-state index in [0.29, 0.717) is 0 Å². The second-order valence-electron chi connectivity index (χ2n) is 5.85. The third-order valence-corrected chi connectivity index (χ3v) is 2.85. The van der Waals surface area contributed by atoms with Gasteiger partial charge in [0.05, 0.1) is 19.2 Å². The first-order valence-electron chi connectivity index (χ1n) is 6.41. The molecule has 0 aromatic heterocycles. The zero-order chi connectivity index (χ0) is 15.6. The lowest BCUT2D eigenvalue weighted by atomic mass is 10.1. The van der Waals surface area contributed by atoms with Gasteiger partial charge in [0.25, 0.3) is 0 Å². The standard InChI is InChI=1S/C12H21F3N2O3/c1-11(2,3)20-10(19)16-4-5-17(8-12(13,14)15)9(6-16)7-18/h9,18H,4-8H2,1-3H3. The van der Waals surface area contributed by atoms with Crippen molar-refractivity contribution in [2.24, 2.45) is 0 Å². The van der Waals surface area contributed by atoms with Gasteiger partial charge in [0.1, 0.15) is 5.60 Å². The normalized spacial score (nSPS) is 21.9. The van der Waals surface area contributed by atoms with E-state index >= 15 is 0 Å². The molecule has 0 saturated carbocycles. The van der Waals surface area contributed by atoms with Crippen molar-refractivity contribution in [3.63, 3.8) is 0 Å². The van der Waals surface area contributed by atoms with E-state index in [4.69, 9.17) is 4.74 Å². The zero-order valence-corrected chi connectivity index (χ0v) is 11.9. The molecule has 1 saturated heterocycles. The molecule has 0 aliphatic carbocycles. The second-order valence-corrected chi connectivity index (χ2v) is 5.85. The molecule has 20 heavy (non-hydrogen) atoms. The van der Waals surface area contributed by atoms with E-state index in [1.165, 1.54) is 4.90 Å². The molecule has 0 spiro atoms. The summed E-state index contributed by atoms with van der Waals surface area (Å²) in [4.78, 5) is 14.3. The van der Waals surface area contributed by atoms with Gasteiger partial charge in [0.15, 0.2) is 0 Å². The fourth-order valence-corrected chi connectivity index (χ4v) is 2.00. The van der Waals surface area contributed by atoms with E-state index in [9.17, 15) is 23.1 Å². The fraction of sp³-hybridized carbons (Fsp3) is 0.917. The number of nitrogens with zero attached hydrogens (tertiary/aromatic N) is 2. The molecular formula is C12H21F3N2O3. The van der Waals surface area contributed by atoms with E-state index in [0.717, 1.165) is 4.90 Å². The highest BCUT2D eigenvalue weighted by molar-refractivity contribution is 5.68. The van der Waals surface area contributed by atoms with Crippen molar-refractivity contribution in [3.05, 3.63) is 0 Å². The summed E-state index contributed by atoms with van der Waals surface area (Å²) in [5.41, 5.74) is -0.658. The fourth-order valence-electron chi connectivity index (χ4n) is 2.00. The highest BCUT2D eigenvalue weighted by atomic mass is 19.4. The van der Waals surface area contributed by atoms with Crippen LogP contribution in [0.25, 0.3) is 0 Å². The van der Waals surface area contributed by atoms with E-state index in [1.54, 1.807) is 20.8 Å². The maximum atomic E-state index is 12.4. The molecule has 0 bridgehead atoms. The first-order valence-corrected chi connectivity index (χ1v) is 6.41. The Bertz CT molecular complexity index is 342. The van der Waals surface area contributed by atoms with Crippen LogP contribution in [-0.4, -0.2) is 71.6 Å². The lowest BCUT2D eigenvalue weighted by molar-refractivity contribution is -0.157. The van der Waals surface area contributed by atoms with Gasteiger partial charge in [-0.25, -0.2) is 4.79 Å². The molecule has 0 aromatic carbocycles. The lowest BCUT2D eigenvalue weighted by Gasteiger charge is -2.41. The largest absolute Gasteiger partial charge is 0.444 e. The summed E-state index contributed by atoms with van der Waals surface area (Å²) in [5, 5.41) is 9.20. The number of carbonyl (C=O) groups excluding carboxylic acids is 1. The van der Waals surface area contributed by atoms with Gasteiger partial charge in [-0.3, -0.25) is 4.90 Å². The van der Waals surface area contributed by atoms with Crippen molar-refractivity contribution >= 4 is 6.09 Å². The maximum absolute atomic E-state index is 12.4. The van der Waals surface area contributed by atoms with Crippen LogP contribution in [0, 0.1) is 0 Å². The molecule has 5 nitrogen and oxygen atoms in total. The minimum absolute atomic E-state index is 0.0293. The summed E-state index contributed by atoms with van der Waals surface area (Å²) in [6.07, 6.45) is -4.88. The lowest BCUT2D eigenvalue weighted by Crippen LogP contribution is -2.58. The summed E-state index contributed by atoms with van der Waals surface area (Å²) < 4.78 is 42.4. The van der Waals surface area contributed by atoms with E-state index < -0.39 is 37.1 Å². The number of rotatable bonds is 2. The van der Waals surface area contributed by atoms with Crippen LogP contribution in [0.3, 0.4) is 0 Å². The summed E-state index contributed by atoms with van der Waals surface area (Å²) >= 11 is 0. The molecule has 1 atom stereocenters. The third-order valence-electron chi connectivity index (χ3n) is 2.85. The molecule has 8 heteroatoms. The average molecular weight is 298 g/mol. The summed E-state index contributed by atoms with van der Waals surface area (Å²) in [7, 11) is 0. The minimum Gasteiger partial charge on any atom is -0.444 e. The summed E-state index contributed by atoms with van der Waals surface area (Å²) in [6, 6.07) is -0.724. The average Bonchev–Trinajstić information content (AvgIpc) is 2.25. The van der Waals surface area contributed by atoms with Crippen LogP contribution in [0.4, 0.5) is 18.0 Å².